The van der Waals surface area contributed by atoms with Gasteiger partial charge in [0.25, 0.3) is 0 Å². The van der Waals surface area contributed by atoms with Crippen LogP contribution in [0.4, 0.5) is 0 Å². The van der Waals surface area contributed by atoms with Crippen LogP contribution in [-0.4, -0.2) is 16.1 Å². The van der Waals surface area contributed by atoms with E-state index in [1.165, 1.54) is 62.9 Å². The molecule has 0 aromatic rings. The van der Waals surface area contributed by atoms with E-state index in [0.29, 0.717) is 0 Å². The highest BCUT2D eigenvalue weighted by Gasteiger charge is 2.38. The van der Waals surface area contributed by atoms with E-state index in [0.717, 1.165) is 35.7 Å². The highest BCUT2D eigenvalue weighted by Crippen LogP contribution is 2.49. The monoisotopic (exact) mass is 353 g/mol. The van der Waals surface area contributed by atoms with Gasteiger partial charge in [0.05, 0.1) is 16.1 Å². The molecular weight excluding hydrogens is 318 g/mol. The van der Waals surface area contributed by atoms with E-state index in [4.69, 9.17) is 0 Å². The van der Waals surface area contributed by atoms with Gasteiger partial charge in [0, 0.05) is 0 Å². The SMILES string of the molecule is CCCCCCCC1(C#N)CCC(C2SCC(CC)CS2)CC1. The van der Waals surface area contributed by atoms with E-state index in [2.05, 4.69) is 43.4 Å². The molecule has 2 fully saturated rings. The molecule has 1 nitrogen and oxygen atoms in total. The van der Waals surface area contributed by atoms with Crippen molar-refractivity contribution in [3.63, 3.8) is 0 Å². The molecule has 132 valence electrons. The van der Waals surface area contributed by atoms with Gasteiger partial charge < -0.3 is 0 Å². The fraction of sp³-hybridized carbons (Fsp3) is 0.950. The van der Waals surface area contributed by atoms with Crippen LogP contribution in [-0.2, 0) is 0 Å². The zero-order valence-electron chi connectivity index (χ0n) is 15.2. The minimum absolute atomic E-state index is 0.0265. The Morgan fingerprint density at radius 1 is 1.00 bits per heavy atom. The summed E-state index contributed by atoms with van der Waals surface area (Å²) in [5.41, 5.74) is 0.0265. The lowest BCUT2D eigenvalue weighted by atomic mass is 9.69. The molecule has 0 atom stereocenters. The molecule has 0 amide bonds. The van der Waals surface area contributed by atoms with Crippen LogP contribution >= 0.6 is 23.5 Å². The first-order valence-corrected chi connectivity index (χ1v) is 12.0. The Hall–Kier alpha value is 0.190. The summed E-state index contributed by atoms with van der Waals surface area (Å²) in [6, 6.07) is 2.73. The van der Waals surface area contributed by atoms with Gasteiger partial charge in [-0.2, -0.15) is 5.26 Å². The van der Waals surface area contributed by atoms with Gasteiger partial charge in [-0.25, -0.2) is 0 Å². The van der Waals surface area contributed by atoms with Gasteiger partial charge in [-0.15, -0.1) is 23.5 Å². The predicted octanol–water partition coefficient (Wildman–Crippen LogP) is 6.88. The fourth-order valence-electron chi connectivity index (χ4n) is 4.02. The van der Waals surface area contributed by atoms with E-state index < -0.39 is 0 Å². The molecule has 0 N–H and O–H groups in total. The van der Waals surface area contributed by atoms with Gasteiger partial charge in [-0.1, -0.05) is 52.4 Å². The van der Waals surface area contributed by atoms with Crippen molar-refractivity contribution in [2.45, 2.75) is 89.1 Å². The average Bonchev–Trinajstić information content (AvgIpc) is 2.62. The van der Waals surface area contributed by atoms with Crippen molar-refractivity contribution in [2.75, 3.05) is 11.5 Å². The number of hydrogen-bond acceptors (Lipinski definition) is 3. The summed E-state index contributed by atoms with van der Waals surface area (Å²) < 4.78 is 0.819. The molecule has 3 heteroatoms. The minimum atomic E-state index is 0.0265. The fourth-order valence-corrected chi connectivity index (χ4v) is 7.74. The van der Waals surface area contributed by atoms with Crippen LogP contribution < -0.4 is 0 Å². The van der Waals surface area contributed by atoms with Crippen LogP contribution in [0, 0.1) is 28.6 Å². The van der Waals surface area contributed by atoms with Crippen molar-refractivity contribution < 1.29 is 0 Å². The third-order valence-corrected chi connectivity index (χ3v) is 9.51. The van der Waals surface area contributed by atoms with E-state index in [1.54, 1.807) is 0 Å². The van der Waals surface area contributed by atoms with Crippen molar-refractivity contribution in [1.29, 1.82) is 5.26 Å². The minimum Gasteiger partial charge on any atom is -0.198 e. The first kappa shape index (κ1) is 19.5. The number of rotatable bonds is 8. The Bertz CT molecular complexity index is 360. The molecule has 1 saturated heterocycles. The molecule has 0 radical (unpaired) electrons. The smallest absolute Gasteiger partial charge is 0.0689 e. The molecular formula is C20H35NS2. The highest BCUT2D eigenvalue weighted by atomic mass is 32.2. The van der Waals surface area contributed by atoms with Crippen LogP contribution in [0.2, 0.25) is 0 Å². The molecule has 2 aliphatic rings. The maximum Gasteiger partial charge on any atom is 0.0689 e. The van der Waals surface area contributed by atoms with E-state index in [9.17, 15) is 5.26 Å². The lowest BCUT2D eigenvalue weighted by Gasteiger charge is -2.40. The van der Waals surface area contributed by atoms with Gasteiger partial charge in [0.1, 0.15) is 0 Å². The first-order valence-electron chi connectivity index (χ1n) is 9.87. The lowest BCUT2D eigenvalue weighted by Crippen LogP contribution is -2.31. The Kier molecular flexibility index (Phi) is 8.69. The third-order valence-electron chi connectivity index (χ3n) is 5.94. The molecule has 0 spiro atoms. The number of hydrogen-bond donors (Lipinski definition) is 0. The van der Waals surface area contributed by atoms with Crippen LogP contribution in [0.1, 0.15) is 84.5 Å². The van der Waals surface area contributed by atoms with Gasteiger partial charge >= 0.3 is 0 Å². The zero-order chi connectivity index (χ0) is 16.5. The van der Waals surface area contributed by atoms with Crippen LogP contribution in [0.15, 0.2) is 0 Å². The Morgan fingerprint density at radius 3 is 2.22 bits per heavy atom. The van der Waals surface area contributed by atoms with Gasteiger partial charge in [-0.05, 0) is 55.4 Å². The number of nitriles is 1. The van der Waals surface area contributed by atoms with Gasteiger partial charge in [-0.3, -0.25) is 0 Å². The standard InChI is InChI=1S/C20H35NS2/c1-3-5-6-7-8-11-20(16-21)12-9-18(10-13-20)19-22-14-17(4-2)15-23-19/h17-19H,3-15H2,1-2H3. The summed E-state index contributed by atoms with van der Waals surface area (Å²) in [6.45, 7) is 4.59. The second kappa shape index (κ2) is 10.2. The summed E-state index contributed by atoms with van der Waals surface area (Å²) in [7, 11) is 0. The summed E-state index contributed by atoms with van der Waals surface area (Å²) >= 11 is 4.43. The van der Waals surface area contributed by atoms with Gasteiger partial charge in [0.15, 0.2) is 0 Å². The molecule has 0 aromatic carbocycles. The van der Waals surface area contributed by atoms with E-state index in [1.807, 2.05) is 0 Å². The van der Waals surface area contributed by atoms with Crippen molar-refractivity contribution in [3.05, 3.63) is 0 Å². The van der Waals surface area contributed by atoms with E-state index in [-0.39, 0.29) is 5.41 Å². The van der Waals surface area contributed by atoms with Crippen LogP contribution in [0.3, 0.4) is 0 Å². The Labute approximate surface area is 152 Å². The predicted molar refractivity (Wildman–Crippen MR) is 106 cm³/mol. The molecule has 0 aromatic heterocycles. The van der Waals surface area contributed by atoms with Crippen LogP contribution in [0.25, 0.3) is 0 Å². The normalized spacial score (nSPS) is 34.9. The quantitative estimate of drug-likeness (QED) is 0.444. The number of thioether (sulfide) groups is 2. The molecule has 1 aliphatic carbocycles. The summed E-state index contributed by atoms with van der Waals surface area (Å²) in [5.74, 6) is 4.53. The Morgan fingerprint density at radius 2 is 1.65 bits per heavy atom. The second-order valence-corrected chi connectivity index (χ2v) is 10.4. The number of unbranched alkanes of at least 4 members (excludes halogenated alkanes) is 4. The topological polar surface area (TPSA) is 23.8 Å². The molecule has 1 saturated carbocycles. The highest BCUT2D eigenvalue weighted by molar-refractivity contribution is 8.17. The molecule has 1 heterocycles. The van der Waals surface area contributed by atoms with Crippen molar-refractivity contribution in [1.82, 2.24) is 0 Å². The largest absolute Gasteiger partial charge is 0.198 e. The number of nitrogens with zero attached hydrogens (tertiary/aromatic N) is 1. The maximum atomic E-state index is 9.75. The summed E-state index contributed by atoms with van der Waals surface area (Å²) in [5, 5.41) is 9.75. The van der Waals surface area contributed by atoms with Crippen molar-refractivity contribution in [2.24, 2.45) is 17.3 Å². The third kappa shape index (κ3) is 5.89. The zero-order valence-corrected chi connectivity index (χ0v) is 16.8. The Balaban J connectivity index is 1.72. The van der Waals surface area contributed by atoms with Crippen molar-refractivity contribution in [3.8, 4) is 6.07 Å². The molecule has 23 heavy (non-hydrogen) atoms. The van der Waals surface area contributed by atoms with Gasteiger partial charge in [0.2, 0.25) is 0 Å². The molecule has 1 aliphatic heterocycles. The van der Waals surface area contributed by atoms with E-state index >= 15 is 0 Å². The average molecular weight is 354 g/mol. The van der Waals surface area contributed by atoms with Crippen molar-refractivity contribution >= 4 is 23.5 Å². The molecule has 0 unspecified atom stereocenters. The summed E-state index contributed by atoms with van der Waals surface area (Å²) in [4.78, 5) is 0. The second-order valence-electron chi connectivity index (χ2n) is 7.70. The van der Waals surface area contributed by atoms with Crippen LogP contribution in [0.5, 0.6) is 0 Å². The first-order chi connectivity index (χ1) is 11.2. The maximum absolute atomic E-state index is 9.75. The molecule has 0 bridgehead atoms. The lowest BCUT2D eigenvalue weighted by molar-refractivity contribution is 0.199. The molecule has 2 rings (SSSR count). The summed E-state index contributed by atoms with van der Waals surface area (Å²) in [6.07, 6.45) is 14.0.